The molecule has 10 heteroatoms. The summed E-state index contributed by atoms with van der Waals surface area (Å²) < 4.78 is 32.1. The summed E-state index contributed by atoms with van der Waals surface area (Å²) in [4.78, 5) is 26.9. The van der Waals surface area contributed by atoms with E-state index in [1.807, 2.05) is 0 Å². The standard InChI is InChI=1S/C27H31Cl2NO6S/c1-6-21(16(2)37(34,35)27(3,4)5)30-24(17-10-12-19(28)13-11-17)25(18-8-7-9-20(29)14-18)36-22(26(30)33)15-23(31)32/h6-14,16,22,24-25H,15H2,1-5H3,(H,31,32)/b21-6+/t16-,22+,24+,25+/m0/s1. The van der Waals surface area contributed by atoms with Crippen molar-refractivity contribution >= 4 is 44.9 Å². The number of sulfone groups is 1. The average Bonchev–Trinajstić information content (AvgIpc) is 2.81. The van der Waals surface area contributed by atoms with E-state index in [-0.39, 0.29) is 5.70 Å². The molecule has 200 valence electrons. The number of hydrogen-bond donors (Lipinski definition) is 1. The first kappa shape index (κ1) is 29.2. The molecular formula is C27H31Cl2NO6S. The van der Waals surface area contributed by atoms with Crippen LogP contribution in [0.4, 0.5) is 0 Å². The van der Waals surface area contributed by atoms with Crippen LogP contribution in [0.3, 0.4) is 0 Å². The fraction of sp³-hybridized carbons (Fsp3) is 0.407. The number of carboxylic acid groups (broad SMARTS) is 1. The van der Waals surface area contributed by atoms with Gasteiger partial charge in [0.1, 0.15) is 12.2 Å². The van der Waals surface area contributed by atoms with Crippen molar-refractivity contribution in [2.45, 2.75) is 69.3 Å². The fourth-order valence-electron chi connectivity index (χ4n) is 4.51. The highest BCUT2D eigenvalue weighted by atomic mass is 35.5. The molecule has 7 nitrogen and oxygen atoms in total. The zero-order chi connectivity index (χ0) is 27.7. The number of carbonyl (C=O) groups is 2. The number of aliphatic carboxylic acids is 1. The van der Waals surface area contributed by atoms with E-state index in [9.17, 15) is 23.1 Å². The molecule has 0 spiro atoms. The van der Waals surface area contributed by atoms with Crippen molar-refractivity contribution in [3.63, 3.8) is 0 Å². The van der Waals surface area contributed by atoms with Gasteiger partial charge in [-0.1, -0.05) is 53.5 Å². The number of carboxylic acids is 1. The highest BCUT2D eigenvalue weighted by Gasteiger charge is 2.49. The van der Waals surface area contributed by atoms with Crippen molar-refractivity contribution in [3.05, 3.63) is 81.5 Å². The van der Waals surface area contributed by atoms with Gasteiger partial charge in [0.2, 0.25) is 0 Å². The van der Waals surface area contributed by atoms with Gasteiger partial charge in [0.25, 0.3) is 5.91 Å². The predicted octanol–water partition coefficient (Wildman–Crippen LogP) is 5.98. The van der Waals surface area contributed by atoms with Gasteiger partial charge in [-0.05, 0) is 70.0 Å². The Morgan fingerprint density at radius 3 is 2.24 bits per heavy atom. The molecule has 0 bridgehead atoms. The molecule has 0 aliphatic carbocycles. The lowest BCUT2D eigenvalue weighted by atomic mass is 9.90. The molecule has 0 aromatic heterocycles. The van der Waals surface area contributed by atoms with Gasteiger partial charge >= 0.3 is 5.97 Å². The van der Waals surface area contributed by atoms with E-state index >= 15 is 0 Å². The van der Waals surface area contributed by atoms with E-state index in [0.29, 0.717) is 21.2 Å². The molecule has 0 unspecified atom stereocenters. The maximum Gasteiger partial charge on any atom is 0.306 e. The van der Waals surface area contributed by atoms with Crippen molar-refractivity contribution in [1.29, 1.82) is 0 Å². The number of hydrogen-bond acceptors (Lipinski definition) is 5. The molecule has 1 N–H and O–H groups in total. The molecule has 3 rings (SSSR count). The molecule has 1 aliphatic rings. The van der Waals surface area contributed by atoms with E-state index in [2.05, 4.69) is 0 Å². The Balaban J connectivity index is 2.29. The average molecular weight is 569 g/mol. The first-order chi connectivity index (χ1) is 17.2. The molecule has 1 aliphatic heterocycles. The third-order valence-electron chi connectivity index (χ3n) is 6.45. The van der Waals surface area contributed by atoms with Crippen molar-refractivity contribution < 1.29 is 27.9 Å². The van der Waals surface area contributed by atoms with E-state index in [0.717, 1.165) is 0 Å². The van der Waals surface area contributed by atoms with E-state index < -0.39 is 56.4 Å². The predicted molar refractivity (Wildman–Crippen MR) is 144 cm³/mol. The third-order valence-corrected chi connectivity index (χ3v) is 9.81. The van der Waals surface area contributed by atoms with E-state index in [1.165, 1.54) is 11.8 Å². The number of ether oxygens (including phenoxy) is 1. The zero-order valence-corrected chi connectivity index (χ0v) is 23.6. The Bertz CT molecular complexity index is 1300. The second-order valence-corrected chi connectivity index (χ2v) is 13.8. The van der Waals surface area contributed by atoms with Crippen LogP contribution in [0.25, 0.3) is 0 Å². The highest BCUT2D eigenvalue weighted by Crippen LogP contribution is 2.46. The minimum absolute atomic E-state index is 0.241. The summed E-state index contributed by atoms with van der Waals surface area (Å²) in [5.74, 6) is -1.85. The smallest absolute Gasteiger partial charge is 0.306 e. The van der Waals surface area contributed by atoms with Crippen molar-refractivity contribution in [2.75, 3.05) is 0 Å². The van der Waals surface area contributed by atoms with Crippen LogP contribution in [-0.2, 0) is 24.2 Å². The summed E-state index contributed by atoms with van der Waals surface area (Å²) in [7, 11) is -3.76. The number of morpholine rings is 1. The quantitative estimate of drug-likeness (QED) is 0.441. The summed E-state index contributed by atoms with van der Waals surface area (Å²) in [5, 5.41) is 9.38. The van der Waals surface area contributed by atoms with Gasteiger partial charge in [-0.2, -0.15) is 0 Å². The van der Waals surface area contributed by atoms with Crippen LogP contribution in [0.1, 0.15) is 64.3 Å². The Morgan fingerprint density at radius 2 is 1.73 bits per heavy atom. The van der Waals surface area contributed by atoms with Crippen molar-refractivity contribution in [1.82, 2.24) is 4.90 Å². The van der Waals surface area contributed by atoms with Crippen LogP contribution in [0.15, 0.2) is 60.3 Å². The Morgan fingerprint density at radius 1 is 1.11 bits per heavy atom. The molecule has 1 amide bonds. The monoisotopic (exact) mass is 567 g/mol. The molecule has 2 aromatic carbocycles. The number of carbonyl (C=O) groups excluding carboxylic acids is 1. The van der Waals surface area contributed by atoms with Gasteiger partial charge < -0.3 is 14.7 Å². The number of nitrogens with zero attached hydrogens (tertiary/aromatic N) is 1. The van der Waals surface area contributed by atoms with Gasteiger partial charge in [0.05, 0.1) is 22.5 Å². The van der Waals surface area contributed by atoms with Crippen molar-refractivity contribution in [3.8, 4) is 0 Å². The number of allylic oxidation sites excluding steroid dienone is 1. The summed E-state index contributed by atoms with van der Waals surface area (Å²) in [6.07, 6.45) is -1.18. The van der Waals surface area contributed by atoms with Crippen molar-refractivity contribution in [2.24, 2.45) is 0 Å². The largest absolute Gasteiger partial charge is 0.481 e. The van der Waals surface area contributed by atoms with Crippen LogP contribution in [0, 0.1) is 0 Å². The number of benzene rings is 2. The third kappa shape index (κ3) is 6.03. The summed E-state index contributed by atoms with van der Waals surface area (Å²) in [6, 6.07) is 12.9. The SMILES string of the molecule is C/C=C(\[C@H](C)S(=O)(=O)C(C)(C)C)N1C(=O)[C@@H](CC(=O)O)O[C@H](c2cccc(Cl)c2)[C@H]1c1ccc(Cl)cc1. The maximum absolute atomic E-state index is 13.9. The number of rotatable bonds is 7. The summed E-state index contributed by atoms with van der Waals surface area (Å²) >= 11 is 12.4. The lowest BCUT2D eigenvalue weighted by molar-refractivity contribution is -0.175. The summed E-state index contributed by atoms with van der Waals surface area (Å²) in [5.41, 5.74) is 1.49. The van der Waals surface area contributed by atoms with Crippen LogP contribution in [0.2, 0.25) is 10.0 Å². The first-order valence-electron chi connectivity index (χ1n) is 11.8. The second-order valence-electron chi connectivity index (χ2n) is 9.92. The molecule has 2 aromatic rings. The van der Waals surface area contributed by atoms with Gasteiger partial charge in [-0.25, -0.2) is 8.42 Å². The molecule has 1 heterocycles. The molecule has 1 fully saturated rings. The van der Waals surface area contributed by atoms with Gasteiger partial charge in [-0.15, -0.1) is 0 Å². The topological polar surface area (TPSA) is 101 Å². The fourth-order valence-corrected chi connectivity index (χ4v) is 6.46. The van der Waals surface area contributed by atoms with Crippen LogP contribution in [-0.4, -0.2) is 46.4 Å². The van der Waals surface area contributed by atoms with Gasteiger partial charge in [0, 0.05) is 15.7 Å². The Hall–Kier alpha value is -2.39. The summed E-state index contributed by atoms with van der Waals surface area (Å²) in [6.45, 7) is 8.01. The highest BCUT2D eigenvalue weighted by molar-refractivity contribution is 7.93. The zero-order valence-electron chi connectivity index (χ0n) is 21.3. The second kappa shape index (κ2) is 11.2. The normalized spacial score (nSPS) is 22.1. The first-order valence-corrected chi connectivity index (χ1v) is 14.1. The van der Waals surface area contributed by atoms with Crippen LogP contribution in [0.5, 0.6) is 0 Å². The number of amides is 1. The minimum atomic E-state index is -3.76. The molecule has 0 radical (unpaired) electrons. The minimum Gasteiger partial charge on any atom is -0.481 e. The maximum atomic E-state index is 13.9. The van der Waals surface area contributed by atoms with E-state index in [4.69, 9.17) is 27.9 Å². The number of halogens is 2. The Labute approximate surface area is 227 Å². The lowest BCUT2D eigenvalue weighted by Gasteiger charge is -2.46. The lowest BCUT2D eigenvalue weighted by Crippen LogP contribution is -2.53. The molecule has 37 heavy (non-hydrogen) atoms. The van der Waals surface area contributed by atoms with Gasteiger partial charge in [0.15, 0.2) is 9.84 Å². The molecule has 0 saturated carbocycles. The molecule has 1 saturated heterocycles. The van der Waals surface area contributed by atoms with Crippen LogP contribution < -0.4 is 0 Å². The van der Waals surface area contributed by atoms with Gasteiger partial charge in [-0.3, -0.25) is 9.59 Å². The molecule has 4 atom stereocenters. The molecular weight excluding hydrogens is 537 g/mol. The Kier molecular flexibility index (Phi) is 8.79. The van der Waals surface area contributed by atoms with E-state index in [1.54, 1.807) is 82.3 Å². The van der Waals surface area contributed by atoms with Crippen LogP contribution >= 0.6 is 23.2 Å².